The molecule has 0 radical (unpaired) electrons. The van der Waals surface area contributed by atoms with Crippen LogP contribution < -0.4 is 0 Å². The first-order valence-electron chi connectivity index (χ1n) is 40.5. The molecule has 7 heteroatoms. The van der Waals surface area contributed by atoms with E-state index in [4.69, 9.17) is 25.0 Å². The van der Waals surface area contributed by atoms with E-state index >= 15 is 0 Å². The van der Waals surface area contributed by atoms with E-state index in [1.165, 1.54) is 66.8 Å². The second kappa shape index (κ2) is 44.0. The van der Waals surface area contributed by atoms with Crippen molar-refractivity contribution in [3.63, 3.8) is 0 Å². The van der Waals surface area contributed by atoms with Crippen LogP contribution in [0.4, 0.5) is 39.8 Å². The number of hydrogen-bond donors (Lipinski definition) is 0. The highest BCUT2D eigenvalue weighted by Crippen LogP contribution is 2.28. The monoisotopic (exact) mass is 1550 g/mol. The lowest BCUT2D eigenvalue weighted by atomic mass is 9.96. The summed E-state index contributed by atoms with van der Waals surface area (Å²) in [5, 5.41) is 0. The third-order valence-corrected chi connectivity index (χ3v) is 19.6. The van der Waals surface area contributed by atoms with Crippen LogP contribution in [0.5, 0.6) is 0 Å². The molecule has 588 valence electrons. The third kappa shape index (κ3) is 26.9. The number of nitrogens with zero attached hydrogens (tertiary/aromatic N) is 7. The van der Waals surface area contributed by atoms with E-state index in [0.29, 0.717) is 0 Å². The highest BCUT2D eigenvalue weighted by Gasteiger charge is 2.15. The smallest absolute Gasteiger partial charge is 0.0784 e. The number of allylic oxidation sites excluding steroid dienone is 8. The number of hydrogen-bond acceptors (Lipinski definition) is 7. The lowest BCUT2D eigenvalue weighted by molar-refractivity contribution is 1.36. The number of rotatable bonds is 14. The van der Waals surface area contributed by atoms with Gasteiger partial charge in [-0.1, -0.05) is 331 Å². The van der Waals surface area contributed by atoms with Gasteiger partial charge in [-0.25, -0.2) is 30.0 Å². The van der Waals surface area contributed by atoms with Crippen LogP contribution in [0, 0.1) is 55.4 Å². The molecule has 2 aliphatic rings. The van der Waals surface area contributed by atoms with Crippen LogP contribution in [0.15, 0.2) is 458 Å². The zero-order valence-electron chi connectivity index (χ0n) is 70.7. The highest BCUT2D eigenvalue weighted by molar-refractivity contribution is 6.24. The van der Waals surface area contributed by atoms with E-state index in [-0.39, 0.29) is 0 Å². The predicted molar refractivity (Wildman–Crippen MR) is 512 cm³/mol. The van der Waals surface area contributed by atoms with Crippen LogP contribution in [0.25, 0.3) is 0 Å². The molecular formula is C112H105N7. The second-order valence-electron chi connectivity index (χ2n) is 29.8. The van der Waals surface area contributed by atoms with Gasteiger partial charge in [0.15, 0.2) is 0 Å². The summed E-state index contributed by atoms with van der Waals surface area (Å²) in [5.41, 5.74) is 36.9. The van der Waals surface area contributed by atoms with E-state index in [1.807, 2.05) is 183 Å². The summed E-state index contributed by atoms with van der Waals surface area (Å²) in [6, 6.07) is 128. The summed E-state index contributed by atoms with van der Waals surface area (Å²) in [6.07, 6.45) is 8.42. The Hall–Kier alpha value is -14.3. The lowest BCUT2D eigenvalue weighted by Crippen LogP contribution is -2.10. The Balaban J connectivity index is 0.000000141. The molecule has 119 heavy (non-hydrogen) atoms. The van der Waals surface area contributed by atoms with Crippen molar-refractivity contribution in [1.82, 2.24) is 0 Å². The van der Waals surface area contributed by atoms with Gasteiger partial charge in [0.2, 0.25) is 0 Å². The Morgan fingerprint density at radius 1 is 0.202 bits per heavy atom. The van der Waals surface area contributed by atoms with Crippen molar-refractivity contribution in [1.29, 1.82) is 0 Å². The maximum absolute atomic E-state index is 4.92. The van der Waals surface area contributed by atoms with Gasteiger partial charge in [0.05, 0.1) is 74.1 Å². The van der Waals surface area contributed by atoms with Crippen LogP contribution in [-0.4, -0.2) is 40.0 Å². The van der Waals surface area contributed by atoms with Crippen molar-refractivity contribution in [3.8, 4) is 0 Å². The van der Waals surface area contributed by atoms with Gasteiger partial charge < -0.3 is 0 Å². The minimum atomic E-state index is 0.970. The van der Waals surface area contributed by atoms with E-state index in [0.717, 1.165) is 119 Å². The topological polar surface area (TPSA) is 86.5 Å². The molecule has 0 heterocycles. The fourth-order valence-corrected chi connectivity index (χ4v) is 12.8. The fourth-order valence-electron chi connectivity index (χ4n) is 12.8. The average Bonchev–Trinajstić information content (AvgIpc) is 1.40. The van der Waals surface area contributed by atoms with Gasteiger partial charge >= 0.3 is 0 Å². The van der Waals surface area contributed by atoms with Crippen molar-refractivity contribution in [2.24, 2.45) is 34.9 Å². The molecule has 0 aromatic heterocycles. The van der Waals surface area contributed by atoms with Gasteiger partial charge in [-0.2, -0.15) is 0 Å². The molecule has 2 aliphatic carbocycles. The standard InChI is InChI=1S/3C21H19N.C20H18N2.C16H17N.C13H13N/c1-16-13-14-17(2)20(15-16)21(18-9-5-3-6-10-18)22-19-11-7-4-8-12-19;1-16-11-13-19(14-12-16)21(18-8-4-3-5-9-18)22-20-10-6-7-17(2)15-20;1-16-8-12-19(13-9-16)21(18-6-4-3-5-7-18)22-20-14-10-17(2)11-15-20;1-15-13-20(22-18-11-7-4-8-12-18)16(2)14-19(15)21-17-9-5-3-6-10-17;1-12-4-8-15(9-5-12)14(3)17-16-10-6-13(2)7-11-16;1-10-8-9-11(2)13(10)14-12-6-4-3-5-7-12/h3*3-15H,1-2H3;3-14H,1-2H3;4-11H,1-3H3;3-9H,1-2H3. The first-order valence-corrected chi connectivity index (χ1v) is 40.5. The Kier molecular flexibility index (Phi) is 31.7. The Labute approximate surface area is 706 Å². The third-order valence-electron chi connectivity index (χ3n) is 19.6. The molecule has 0 spiro atoms. The number of para-hydroxylation sites is 4. The molecule has 14 aromatic rings. The van der Waals surface area contributed by atoms with Gasteiger partial charge in [0.1, 0.15) is 0 Å². The van der Waals surface area contributed by atoms with E-state index < -0.39 is 0 Å². The maximum Gasteiger partial charge on any atom is 0.0784 e. The lowest BCUT2D eigenvalue weighted by Gasteiger charge is -2.13. The van der Waals surface area contributed by atoms with Gasteiger partial charge in [0, 0.05) is 39.1 Å². The molecule has 0 fully saturated rings. The van der Waals surface area contributed by atoms with Crippen LogP contribution in [-0.2, 0) is 0 Å². The van der Waals surface area contributed by atoms with Crippen LogP contribution >= 0.6 is 0 Å². The molecule has 16 rings (SSSR count). The normalized spacial score (nSPS) is 13.2. The first kappa shape index (κ1) is 85.6. The van der Waals surface area contributed by atoms with Crippen molar-refractivity contribution >= 4 is 79.8 Å². The molecule has 0 unspecified atom stereocenters. The molecule has 0 atom stereocenters. The van der Waals surface area contributed by atoms with Gasteiger partial charge in [-0.15, -0.1) is 0 Å². The fraction of sp³-hybridized carbons (Fsp3) is 0.116. The van der Waals surface area contributed by atoms with Gasteiger partial charge in [-0.3, -0.25) is 4.99 Å². The molecule has 0 saturated heterocycles. The second-order valence-corrected chi connectivity index (χ2v) is 29.8. The van der Waals surface area contributed by atoms with Crippen LogP contribution in [0.3, 0.4) is 0 Å². The molecule has 7 nitrogen and oxygen atoms in total. The Morgan fingerprint density at radius 3 is 0.882 bits per heavy atom. The Bertz CT molecular complexity index is 5880. The predicted octanol–water partition coefficient (Wildman–Crippen LogP) is 30.0. The molecule has 0 aliphatic heterocycles. The van der Waals surface area contributed by atoms with Crippen molar-refractivity contribution in [2.45, 2.75) is 90.0 Å². The van der Waals surface area contributed by atoms with E-state index in [1.54, 1.807) is 0 Å². The minimum absolute atomic E-state index is 0.970. The molecule has 0 saturated carbocycles. The molecule has 0 N–H and O–H groups in total. The van der Waals surface area contributed by atoms with Crippen molar-refractivity contribution in [2.75, 3.05) is 0 Å². The summed E-state index contributed by atoms with van der Waals surface area (Å²) >= 11 is 0. The summed E-state index contributed by atoms with van der Waals surface area (Å²) in [6.45, 7) is 27.2. The minimum Gasteiger partial charge on any atom is -0.253 e. The van der Waals surface area contributed by atoms with Crippen molar-refractivity contribution < 1.29 is 0 Å². The number of aliphatic imine (C=N–C) groups is 7. The van der Waals surface area contributed by atoms with E-state index in [2.05, 4.69) is 318 Å². The van der Waals surface area contributed by atoms with Gasteiger partial charge in [-0.05, 0) is 232 Å². The van der Waals surface area contributed by atoms with Crippen molar-refractivity contribution in [3.05, 3.63) is 506 Å². The SMILES string of the molecule is CC(=Nc1ccc(C)cc1)c1ccc(C)cc1.CC1=CC(=Nc2ccccc2)C(C)=CC1=Nc1ccccc1.CC1=CC=C(C)C1=Nc1ccccc1.Cc1ccc(C(=Nc2cccc(C)c2)c2ccccc2)cc1.Cc1ccc(C)c(C(=Nc2ccccc2)c2ccccc2)c1.Cc1ccc(N=C(c2ccccc2)c2ccc(C)cc2)cc1. The summed E-state index contributed by atoms with van der Waals surface area (Å²) in [4.78, 5) is 33.3. The molecule has 14 aromatic carbocycles. The highest BCUT2D eigenvalue weighted by atomic mass is 14.8. The number of aryl methyl sites for hydroxylation is 8. The number of benzene rings is 14. The summed E-state index contributed by atoms with van der Waals surface area (Å²) in [7, 11) is 0. The molecule has 0 amide bonds. The van der Waals surface area contributed by atoms with Crippen LogP contribution in [0.1, 0.15) is 118 Å². The summed E-state index contributed by atoms with van der Waals surface area (Å²) in [5.74, 6) is 0. The average molecular weight is 1550 g/mol. The summed E-state index contributed by atoms with van der Waals surface area (Å²) < 4.78 is 0. The zero-order valence-corrected chi connectivity index (χ0v) is 70.7. The first-order chi connectivity index (χ1) is 57.8. The van der Waals surface area contributed by atoms with Crippen LogP contribution in [0.2, 0.25) is 0 Å². The van der Waals surface area contributed by atoms with Gasteiger partial charge in [0.25, 0.3) is 0 Å². The Morgan fingerprint density at radius 2 is 0.487 bits per heavy atom. The molecular weight excluding hydrogens is 1440 g/mol. The molecule has 0 bridgehead atoms. The van der Waals surface area contributed by atoms with E-state index in [9.17, 15) is 0 Å². The zero-order chi connectivity index (χ0) is 83.7. The maximum atomic E-state index is 4.92. The quantitative estimate of drug-likeness (QED) is 0.0767. The largest absolute Gasteiger partial charge is 0.253 e.